The number of hydrogen-bond acceptors (Lipinski definition) is 4. The van der Waals surface area contributed by atoms with E-state index in [-0.39, 0.29) is 0 Å². The Morgan fingerprint density at radius 2 is 2.20 bits per heavy atom. The van der Waals surface area contributed by atoms with Crippen molar-refractivity contribution in [2.24, 2.45) is 0 Å². The predicted molar refractivity (Wildman–Crippen MR) is 79.9 cm³/mol. The fourth-order valence-corrected chi connectivity index (χ4v) is 3.63. The number of nitrogens with zero attached hydrogens (tertiary/aromatic N) is 3. The van der Waals surface area contributed by atoms with Gasteiger partial charge in [0.05, 0.1) is 11.7 Å². The molecule has 1 atom stereocenters. The average Bonchev–Trinajstić information content (AvgIpc) is 3.09. The van der Waals surface area contributed by atoms with Gasteiger partial charge >= 0.3 is 0 Å². The van der Waals surface area contributed by atoms with Crippen molar-refractivity contribution in [3.8, 4) is 0 Å². The van der Waals surface area contributed by atoms with Crippen LogP contribution in [0.1, 0.15) is 60.6 Å². The molecular formula is C15H21N3OS. The standard InChI is InChI=1S/C15H21N3OS/c1-11-10-20-15(16-11)14(19)9-12-7-8-18(17-12)13-5-3-2-4-6-13/h7-8,10,13-14,19H,2-6,9H2,1H3. The molecule has 0 saturated heterocycles. The van der Waals surface area contributed by atoms with Gasteiger partial charge in [-0.2, -0.15) is 5.10 Å². The smallest absolute Gasteiger partial charge is 0.122 e. The summed E-state index contributed by atoms with van der Waals surface area (Å²) in [6.45, 7) is 1.95. The number of thiazole rings is 1. The van der Waals surface area contributed by atoms with Crippen molar-refractivity contribution >= 4 is 11.3 Å². The second kappa shape index (κ2) is 6.06. The number of aromatic nitrogens is 3. The van der Waals surface area contributed by atoms with Crippen molar-refractivity contribution in [2.45, 2.75) is 57.6 Å². The topological polar surface area (TPSA) is 50.9 Å². The predicted octanol–water partition coefficient (Wildman–Crippen LogP) is 3.43. The number of rotatable bonds is 4. The van der Waals surface area contributed by atoms with Gasteiger partial charge in [0.2, 0.25) is 0 Å². The Bertz CT molecular complexity index is 557. The van der Waals surface area contributed by atoms with E-state index in [0.29, 0.717) is 12.5 Å². The first kappa shape index (κ1) is 13.8. The van der Waals surface area contributed by atoms with Crippen LogP contribution in [-0.4, -0.2) is 19.9 Å². The first-order chi connectivity index (χ1) is 9.72. The molecule has 1 aliphatic rings. The van der Waals surface area contributed by atoms with Crippen LogP contribution in [0.25, 0.3) is 0 Å². The Balaban J connectivity index is 1.64. The van der Waals surface area contributed by atoms with Crippen LogP contribution in [-0.2, 0) is 6.42 Å². The number of aliphatic hydroxyl groups excluding tert-OH is 1. The normalized spacial score (nSPS) is 18.3. The van der Waals surface area contributed by atoms with Gasteiger partial charge < -0.3 is 5.11 Å². The molecule has 0 spiro atoms. The van der Waals surface area contributed by atoms with Crippen LogP contribution < -0.4 is 0 Å². The van der Waals surface area contributed by atoms with Gasteiger partial charge in [0.1, 0.15) is 11.1 Å². The van der Waals surface area contributed by atoms with E-state index in [2.05, 4.69) is 21.0 Å². The lowest BCUT2D eigenvalue weighted by atomic mass is 9.96. The lowest BCUT2D eigenvalue weighted by Gasteiger charge is -2.21. The second-order valence-electron chi connectivity index (χ2n) is 5.63. The molecule has 1 N–H and O–H groups in total. The van der Waals surface area contributed by atoms with E-state index in [0.717, 1.165) is 16.4 Å². The molecule has 0 bridgehead atoms. The van der Waals surface area contributed by atoms with Gasteiger partial charge in [-0.1, -0.05) is 19.3 Å². The van der Waals surface area contributed by atoms with Gasteiger partial charge in [-0.05, 0) is 25.8 Å². The highest BCUT2D eigenvalue weighted by Crippen LogP contribution is 2.28. The van der Waals surface area contributed by atoms with Crippen molar-refractivity contribution in [3.05, 3.63) is 34.0 Å². The Labute approximate surface area is 123 Å². The minimum atomic E-state index is -0.539. The van der Waals surface area contributed by atoms with E-state index in [4.69, 9.17) is 0 Å². The van der Waals surface area contributed by atoms with Crippen molar-refractivity contribution < 1.29 is 5.11 Å². The van der Waals surface area contributed by atoms with Gasteiger partial charge in [0.25, 0.3) is 0 Å². The second-order valence-corrected chi connectivity index (χ2v) is 6.52. The van der Waals surface area contributed by atoms with Crippen LogP contribution in [0.4, 0.5) is 0 Å². The fraction of sp³-hybridized carbons (Fsp3) is 0.600. The summed E-state index contributed by atoms with van der Waals surface area (Å²) in [4.78, 5) is 4.34. The molecule has 0 amide bonds. The number of aliphatic hydroxyl groups is 1. The molecule has 2 aromatic heterocycles. The molecular weight excluding hydrogens is 270 g/mol. The van der Waals surface area contributed by atoms with E-state index in [1.54, 1.807) is 0 Å². The summed E-state index contributed by atoms with van der Waals surface area (Å²) in [6.07, 6.45) is 8.50. The van der Waals surface area contributed by atoms with E-state index in [1.165, 1.54) is 43.4 Å². The highest BCUT2D eigenvalue weighted by Gasteiger charge is 2.18. The maximum absolute atomic E-state index is 10.2. The van der Waals surface area contributed by atoms with Crippen LogP contribution in [0, 0.1) is 6.92 Å². The third kappa shape index (κ3) is 3.10. The van der Waals surface area contributed by atoms with E-state index in [9.17, 15) is 5.11 Å². The lowest BCUT2D eigenvalue weighted by molar-refractivity contribution is 0.176. The van der Waals surface area contributed by atoms with Crippen molar-refractivity contribution in [1.29, 1.82) is 0 Å². The summed E-state index contributed by atoms with van der Waals surface area (Å²) in [6, 6.07) is 2.58. The Hall–Kier alpha value is -1.20. The summed E-state index contributed by atoms with van der Waals surface area (Å²) in [7, 11) is 0. The molecule has 5 heteroatoms. The monoisotopic (exact) mass is 291 g/mol. The molecule has 0 aromatic carbocycles. The molecule has 0 aliphatic heterocycles. The van der Waals surface area contributed by atoms with E-state index < -0.39 is 6.10 Å². The molecule has 2 heterocycles. The van der Waals surface area contributed by atoms with E-state index >= 15 is 0 Å². The maximum atomic E-state index is 10.2. The van der Waals surface area contributed by atoms with Gasteiger partial charge in [0, 0.05) is 23.7 Å². The largest absolute Gasteiger partial charge is 0.386 e. The molecule has 0 radical (unpaired) electrons. The van der Waals surface area contributed by atoms with Crippen molar-refractivity contribution in [3.63, 3.8) is 0 Å². The Morgan fingerprint density at radius 3 is 2.90 bits per heavy atom. The quantitative estimate of drug-likeness (QED) is 0.939. The van der Waals surface area contributed by atoms with Crippen LogP contribution >= 0.6 is 11.3 Å². The fourth-order valence-electron chi connectivity index (χ4n) is 2.85. The number of hydrogen-bond donors (Lipinski definition) is 1. The molecule has 2 aromatic rings. The zero-order valence-electron chi connectivity index (χ0n) is 11.8. The van der Waals surface area contributed by atoms with E-state index in [1.807, 2.05) is 18.4 Å². The maximum Gasteiger partial charge on any atom is 0.122 e. The molecule has 108 valence electrons. The van der Waals surface area contributed by atoms with Crippen LogP contribution in [0.3, 0.4) is 0 Å². The Morgan fingerprint density at radius 1 is 1.40 bits per heavy atom. The third-order valence-corrected chi connectivity index (χ3v) is 5.00. The third-order valence-electron chi connectivity index (χ3n) is 3.94. The highest BCUT2D eigenvalue weighted by molar-refractivity contribution is 7.09. The minimum Gasteiger partial charge on any atom is -0.386 e. The van der Waals surface area contributed by atoms with Gasteiger partial charge in [0.15, 0.2) is 0 Å². The molecule has 4 nitrogen and oxygen atoms in total. The van der Waals surface area contributed by atoms with Crippen molar-refractivity contribution in [1.82, 2.24) is 14.8 Å². The summed E-state index contributed by atoms with van der Waals surface area (Å²) in [5.41, 5.74) is 1.92. The summed E-state index contributed by atoms with van der Waals surface area (Å²) < 4.78 is 2.09. The molecule has 1 fully saturated rings. The lowest BCUT2D eigenvalue weighted by Crippen LogP contribution is -2.13. The molecule has 1 saturated carbocycles. The molecule has 3 rings (SSSR count). The molecule has 20 heavy (non-hydrogen) atoms. The van der Waals surface area contributed by atoms with Crippen LogP contribution in [0.2, 0.25) is 0 Å². The minimum absolute atomic E-state index is 0.539. The van der Waals surface area contributed by atoms with Gasteiger partial charge in [-0.3, -0.25) is 4.68 Å². The summed E-state index contributed by atoms with van der Waals surface area (Å²) >= 11 is 1.52. The van der Waals surface area contributed by atoms with Gasteiger partial charge in [-0.15, -0.1) is 11.3 Å². The first-order valence-corrected chi connectivity index (χ1v) is 8.24. The van der Waals surface area contributed by atoms with Gasteiger partial charge in [-0.25, -0.2) is 4.98 Å². The molecule has 1 aliphatic carbocycles. The van der Waals surface area contributed by atoms with Crippen molar-refractivity contribution in [2.75, 3.05) is 0 Å². The summed E-state index contributed by atoms with van der Waals surface area (Å²) in [5, 5.41) is 17.6. The number of aryl methyl sites for hydroxylation is 1. The zero-order valence-corrected chi connectivity index (χ0v) is 12.6. The molecule has 1 unspecified atom stereocenters. The Kier molecular flexibility index (Phi) is 4.17. The zero-order chi connectivity index (χ0) is 13.9. The average molecular weight is 291 g/mol. The van der Waals surface area contributed by atoms with Crippen LogP contribution in [0.15, 0.2) is 17.6 Å². The first-order valence-electron chi connectivity index (χ1n) is 7.36. The van der Waals surface area contributed by atoms with Crippen LogP contribution in [0.5, 0.6) is 0 Å². The highest BCUT2D eigenvalue weighted by atomic mass is 32.1. The SMILES string of the molecule is Cc1csc(C(O)Cc2ccn(C3CCCCC3)n2)n1. The summed E-state index contributed by atoms with van der Waals surface area (Å²) in [5.74, 6) is 0.